The Labute approximate surface area is 119 Å². The summed E-state index contributed by atoms with van der Waals surface area (Å²) in [6, 6.07) is 10.6. The lowest BCUT2D eigenvalue weighted by Gasteiger charge is -2.14. The van der Waals surface area contributed by atoms with Crippen LogP contribution < -0.4 is 15.5 Å². The second-order valence-corrected chi connectivity index (χ2v) is 4.91. The van der Waals surface area contributed by atoms with E-state index in [9.17, 15) is 4.79 Å². The summed E-state index contributed by atoms with van der Waals surface area (Å²) in [5, 5.41) is 5.34. The van der Waals surface area contributed by atoms with E-state index in [1.54, 1.807) is 12.1 Å². The molecule has 0 aliphatic carbocycles. The van der Waals surface area contributed by atoms with Crippen molar-refractivity contribution >= 4 is 39.2 Å². The van der Waals surface area contributed by atoms with E-state index < -0.39 is 0 Å². The molecular formula is C13H14BrN3O2. The van der Waals surface area contributed by atoms with Crippen molar-refractivity contribution in [2.45, 2.75) is 0 Å². The van der Waals surface area contributed by atoms with Gasteiger partial charge in [-0.2, -0.15) is 0 Å². The maximum atomic E-state index is 11.8. The average Bonchev–Trinajstić information content (AvgIpc) is 2.74. The standard InChI is InChI=1S/C13H14BrN3O2/c1-17(2)10-5-3-4-9(8-10)15-13(18)16-12-7-6-11(14)19-12/h3-8H,1-2H3,(H2,15,16,18). The highest BCUT2D eigenvalue weighted by Crippen LogP contribution is 2.20. The summed E-state index contributed by atoms with van der Waals surface area (Å²) in [6.45, 7) is 0. The van der Waals surface area contributed by atoms with Crippen molar-refractivity contribution in [2.75, 3.05) is 29.6 Å². The van der Waals surface area contributed by atoms with Gasteiger partial charge in [-0.1, -0.05) is 6.07 Å². The summed E-state index contributed by atoms with van der Waals surface area (Å²) in [4.78, 5) is 13.7. The summed E-state index contributed by atoms with van der Waals surface area (Å²) < 4.78 is 5.76. The molecule has 0 aliphatic heterocycles. The fourth-order valence-electron chi connectivity index (χ4n) is 1.52. The van der Waals surface area contributed by atoms with Crippen LogP contribution in [0, 0.1) is 0 Å². The van der Waals surface area contributed by atoms with Gasteiger partial charge in [0.25, 0.3) is 0 Å². The number of amides is 2. The predicted octanol–water partition coefficient (Wildman–Crippen LogP) is 3.75. The van der Waals surface area contributed by atoms with Gasteiger partial charge in [-0.15, -0.1) is 0 Å². The Balaban J connectivity index is 2.00. The number of halogens is 1. The van der Waals surface area contributed by atoms with E-state index in [2.05, 4.69) is 26.6 Å². The molecule has 0 aliphatic rings. The Kier molecular flexibility index (Phi) is 4.11. The Morgan fingerprint density at radius 2 is 2.00 bits per heavy atom. The fraction of sp³-hybridized carbons (Fsp3) is 0.154. The van der Waals surface area contributed by atoms with Gasteiger partial charge < -0.3 is 14.6 Å². The number of benzene rings is 1. The van der Waals surface area contributed by atoms with Gasteiger partial charge in [0.1, 0.15) is 0 Å². The van der Waals surface area contributed by atoms with Crippen molar-refractivity contribution < 1.29 is 9.21 Å². The van der Waals surface area contributed by atoms with Crippen LogP contribution in [0.2, 0.25) is 0 Å². The molecule has 0 spiro atoms. The molecule has 1 heterocycles. The lowest BCUT2D eigenvalue weighted by molar-refractivity contribution is 0.261. The van der Waals surface area contributed by atoms with Crippen molar-refractivity contribution in [1.29, 1.82) is 0 Å². The predicted molar refractivity (Wildman–Crippen MR) is 79.8 cm³/mol. The summed E-state index contributed by atoms with van der Waals surface area (Å²) in [7, 11) is 3.89. The maximum absolute atomic E-state index is 11.8. The molecule has 0 saturated carbocycles. The first-order chi connectivity index (χ1) is 9.04. The van der Waals surface area contributed by atoms with E-state index in [4.69, 9.17) is 4.42 Å². The average molecular weight is 324 g/mol. The third kappa shape index (κ3) is 3.75. The molecule has 2 amide bonds. The Bertz CT molecular complexity index is 581. The van der Waals surface area contributed by atoms with Gasteiger partial charge in [0, 0.05) is 31.5 Å². The first kappa shape index (κ1) is 13.5. The van der Waals surface area contributed by atoms with E-state index in [0.717, 1.165) is 5.69 Å². The lowest BCUT2D eigenvalue weighted by atomic mass is 10.2. The molecule has 5 nitrogen and oxygen atoms in total. The van der Waals surface area contributed by atoms with Gasteiger partial charge in [-0.3, -0.25) is 5.32 Å². The molecule has 0 bridgehead atoms. The second kappa shape index (κ2) is 5.79. The number of urea groups is 1. The number of anilines is 3. The molecule has 0 radical (unpaired) electrons. The molecule has 6 heteroatoms. The van der Waals surface area contributed by atoms with Crippen LogP contribution in [0.4, 0.5) is 22.1 Å². The van der Waals surface area contributed by atoms with Crippen LogP contribution in [-0.2, 0) is 0 Å². The summed E-state index contributed by atoms with van der Waals surface area (Å²) >= 11 is 3.17. The number of rotatable bonds is 3. The van der Waals surface area contributed by atoms with Crippen LogP contribution in [0.25, 0.3) is 0 Å². The van der Waals surface area contributed by atoms with Gasteiger partial charge in [-0.05, 0) is 40.2 Å². The molecule has 2 rings (SSSR count). The quantitative estimate of drug-likeness (QED) is 0.904. The number of hydrogen-bond acceptors (Lipinski definition) is 3. The molecular weight excluding hydrogens is 310 g/mol. The van der Waals surface area contributed by atoms with E-state index in [-0.39, 0.29) is 6.03 Å². The van der Waals surface area contributed by atoms with Crippen molar-refractivity contribution in [2.24, 2.45) is 0 Å². The third-order valence-electron chi connectivity index (χ3n) is 2.43. The van der Waals surface area contributed by atoms with Crippen molar-refractivity contribution in [3.05, 3.63) is 41.1 Å². The topological polar surface area (TPSA) is 57.5 Å². The molecule has 19 heavy (non-hydrogen) atoms. The molecule has 0 saturated heterocycles. The zero-order valence-electron chi connectivity index (χ0n) is 10.6. The van der Waals surface area contributed by atoms with Crippen molar-refractivity contribution in [3.63, 3.8) is 0 Å². The number of hydrogen-bond donors (Lipinski definition) is 2. The van der Waals surface area contributed by atoms with Gasteiger partial charge in [0.15, 0.2) is 4.67 Å². The van der Waals surface area contributed by atoms with E-state index in [1.165, 1.54) is 0 Å². The minimum atomic E-state index is -0.349. The zero-order chi connectivity index (χ0) is 13.8. The number of nitrogens with zero attached hydrogens (tertiary/aromatic N) is 1. The first-order valence-corrected chi connectivity index (χ1v) is 6.44. The van der Waals surface area contributed by atoms with Crippen LogP contribution in [0.3, 0.4) is 0 Å². The van der Waals surface area contributed by atoms with Gasteiger partial charge in [-0.25, -0.2) is 4.79 Å². The van der Waals surface area contributed by atoms with Crippen LogP contribution in [0.1, 0.15) is 0 Å². The smallest absolute Gasteiger partial charge is 0.326 e. The normalized spacial score (nSPS) is 10.1. The van der Waals surface area contributed by atoms with E-state index in [1.807, 2.05) is 43.3 Å². The van der Waals surface area contributed by atoms with Crippen LogP contribution in [0.5, 0.6) is 0 Å². The molecule has 1 aromatic heterocycles. The van der Waals surface area contributed by atoms with Crippen LogP contribution in [-0.4, -0.2) is 20.1 Å². The van der Waals surface area contributed by atoms with Crippen LogP contribution in [0.15, 0.2) is 45.5 Å². The molecule has 100 valence electrons. The van der Waals surface area contributed by atoms with E-state index >= 15 is 0 Å². The Morgan fingerprint density at radius 3 is 2.63 bits per heavy atom. The molecule has 0 atom stereocenters. The molecule has 0 unspecified atom stereocenters. The van der Waals surface area contributed by atoms with E-state index in [0.29, 0.717) is 16.2 Å². The molecule has 2 aromatic rings. The lowest BCUT2D eigenvalue weighted by Crippen LogP contribution is -2.19. The highest BCUT2D eigenvalue weighted by Gasteiger charge is 2.06. The Hall–Kier alpha value is -1.95. The van der Waals surface area contributed by atoms with Gasteiger partial charge in [0.2, 0.25) is 5.88 Å². The highest BCUT2D eigenvalue weighted by molar-refractivity contribution is 9.10. The second-order valence-electron chi connectivity index (χ2n) is 4.13. The number of nitrogens with one attached hydrogen (secondary N) is 2. The fourth-order valence-corrected chi connectivity index (χ4v) is 1.82. The zero-order valence-corrected chi connectivity index (χ0v) is 12.2. The largest absolute Gasteiger partial charge is 0.434 e. The molecule has 2 N–H and O–H groups in total. The molecule has 1 aromatic carbocycles. The van der Waals surface area contributed by atoms with Crippen molar-refractivity contribution in [3.8, 4) is 0 Å². The highest BCUT2D eigenvalue weighted by atomic mass is 79.9. The number of carbonyl (C=O) groups excluding carboxylic acids is 1. The third-order valence-corrected chi connectivity index (χ3v) is 2.86. The van der Waals surface area contributed by atoms with Crippen molar-refractivity contribution in [1.82, 2.24) is 0 Å². The molecule has 0 fully saturated rings. The van der Waals surface area contributed by atoms with Gasteiger partial charge in [0.05, 0.1) is 0 Å². The first-order valence-electron chi connectivity index (χ1n) is 5.65. The summed E-state index contributed by atoms with van der Waals surface area (Å²) in [5.41, 5.74) is 1.73. The monoisotopic (exact) mass is 323 g/mol. The minimum absolute atomic E-state index is 0.349. The number of carbonyl (C=O) groups is 1. The SMILES string of the molecule is CN(C)c1cccc(NC(=O)Nc2ccc(Br)o2)c1. The number of furan rings is 1. The van der Waals surface area contributed by atoms with Crippen LogP contribution >= 0.6 is 15.9 Å². The van der Waals surface area contributed by atoms with Gasteiger partial charge >= 0.3 is 6.03 Å². The Morgan fingerprint density at radius 1 is 1.21 bits per heavy atom. The minimum Gasteiger partial charge on any atom is -0.434 e. The maximum Gasteiger partial charge on any atom is 0.326 e. The summed E-state index contributed by atoms with van der Waals surface area (Å²) in [6.07, 6.45) is 0. The summed E-state index contributed by atoms with van der Waals surface area (Å²) in [5.74, 6) is 0.383.